The summed E-state index contributed by atoms with van der Waals surface area (Å²) in [6, 6.07) is 6.38. The lowest BCUT2D eigenvalue weighted by Gasteiger charge is -2.07. The van der Waals surface area contributed by atoms with Gasteiger partial charge in [0.25, 0.3) is 0 Å². The van der Waals surface area contributed by atoms with Crippen molar-refractivity contribution in [1.82, 2.24) is 0 Å². The van der Waals surface area contributed by atoms with Crippen LogP contribution in [-0.4, -0.2) is 13.2 Å². The summed E-state index contributed by atoms with van der Waals surface area (Å²) in [5.41, 5.74) is 7.03. The molecule has 0 spiro atoms. The molecule has 1 saturated carbocycles. The first-order valence-electron chi connectivity index (χ1n) is 4.31. The minimum atomic E-state index is 0.322. The number of nitrogens with two attached hydrogens (primary N) is 1. The van der Waals surface area contributed by atoms with Crippen molar-refractivity contribution in [1.29, 1.82) is 0 Å². The summed E-state index contributed by atoms with van der Waals surface area (Å²) in [4.78, 5) is 0. The summed E-state index contributed by atoms with van der Waals surface area (Å²) in [7, 11) is 1.70. The van der Waals surface area contributed by atoms with Gasteiger partial charge in [-0.1, -0.05) is 15.9 Å². The van der Waals surface area contributed by atoms with Crippen molar-refractivity contribution >= 4 is 15.9 Å². The van der Waals surface area contributed by atoms with Crippen molar-refractivity contribution in [3.05, 3.63) is 28.2 Å². The van der Waals surface area contributed by atoms with Crippen LogP contribution in [0.4, 0.5) is 0 Å². The van der Waals surface area contributed by atoms with E-state index in [-0.39, 0.29) is 0 Å². The maximum Gasteiger partial charge on any atom is 0.122 e. The smallest absolute Gasteiger partial charge is 0.122 e. The van der Waals surface area contributed by atoms with E-state index >= 15 is 0 Å². The van der Waals surface area contributed by atoms with Gasteiger partial charge in [0.2, 0.25) is 0 Å². The second kappa shape index (κ2) is 3.31. The number of ether oxygens (including phenoxy) is 1. The molecule has 1 aliphatic carbocycles. The predicted octanol–water partition coefficient (Wildman–Crippen LogP) is 2.27. The molecule has 2 rings (SSSR count). The van der Waals surface area contributed by atoms with Gasteiger partial charge in [-0.15, -0.1) is 0 Å². The Balaban J connectivity index is 2.35. The lowest BCUT2D eigenvalue weighted by atomic mass is 10.1. The Labute approximate surface area is 86.2 Å². The van der Waals surface area contributed by atoms with E-state index in [1.807, 2.05) is 12.1 Å². The Morgan fingerprint density at radius 2 is 2.23 bits per heavy atom. The third kappa shape index (κ3) is 1.71. The van der Waals surface area contributed by atoms with Gasteiger partial charge in [0.15, 0.2) is 0 Å². The molecule has 1 aromatic rings. The van der Waals surface area contributed by atoms with Crippen LogP contribution in [0.1, 0.15) is 17.9 Å². The summed E-state index contributed by atoms with van der Waals surface area (Å²) in [6.45, 7) is 0. The van der Waals surface area contributed by atoms with Crippen LogP contribution in [0, 0.1) is 0 Å². The molecule has 3 heteroatoms. The minimum Gasteiger partial charge on any atom is -0.496 e. The number of methoxy groups -OCH3 is 1. The van der Waals surface area contributed by atoms with E-state index in [9.17, 15) is 0 Å². The molecule has 2 N–H and O–H groups in total. The average Bonchev–Trinajstić information content (AvgIpc) is 2.82. The van der Waals surface area contributed by atoms with Crippen molar-refractivity contribution < 1.29 is 4.74 Å². The molecular formula is C10H12BrNO. The van der Waals surface area contributed by atoms with Gasteiger partial charge in [-0.2, -0.15) is 0 Å². The Morgan fingerprint density at radius 1 is 1.54 bits per heavy atom. The van der Waals surface area contributed by atoms with Crippen LogP contribution >= 0.6 is 15.9 Å². The van der Waals surface area contributed by atoms with Gasteiger partial charge in [-0.05, 0) is 30.2 Å². The van der Waals surface area contributed by atoms with Crippen molar-refractivity contribution in [2.45, 2.75) is 18.4 Å². The van der Waals surface area contributed by atoms with Gasteiger partial charge in [0, 0.05) is 16.4 Å². The molecule has 2 nitrogen and oxygen atoms in total. The van der Waals surface area contributed by atoms with Gasteiger partial charge >= 0.3 is 0 Å². The highest BCUT2D eigenvalue weighted by atomic mass is 79.9. The summed E-state index contributed by atoms with van der Waals surface area (Å²) < 4.78 is 6.36. The van der Waals surface area contributed by atoms with Crippen LogP contribution in [0.25, 0.3) is 0 Å². The first-order valence-corrected chi connectivity index (χ1v) is 5.10. The highest BCUT2D eigenvalue weighted by Crippen LogP contribution is 2.44. The van der Waals surface area contributed by atoms with Crippen LogP contribution in [0.15, 0.2) is 22.7 Å². The molecular weight excluding hydrogens is 230 g/mol. The SMILES string of the molecule is COc1ccc(Br)cc1[C@@H]1C[C@H]1N. The van der Waals surface area contributed by atoms with Crippen molar-refractivity contribution in [3.63, 3.8) is 0 Å². The lowest BCUT2D eigenvalue weighted by Crippen LogP contribution is -2.02. The fourth-order valence-electron chi connectivity index (χ4n) is 1.57. The Hall–Kier alpha value is -0.540. The largest absolute Gasteiger partial charge is 0.496 e. The molecule has 0 unspecified atom stereocenters. The molecule has 0 bridgehead atoms. The van der Waals surface area contributed by atoms with Crippen molar-refractivity contribution in [3.8, 4) is 5.75 Å². The fourth-order valence-corrected chi connectivity index (χ4v) is 1.95. The van der Waals surface area contributed by atoms with Crippen LogP contribution < -0.4 is 10.5 Å². The Bertz CT molecular complexity index is 327. The molecule has 0 saturated heterocycles. The molecule has 13 heavy (non-hydrogen) atoms. The van der Waals surface area contributed by atoms with Crippen LogP contribution in [-0.2, 0) is 0 Å². The average molecular weight is 242 g/mol. The number of rotatable bonds is 2. The molecule has 0 amide bonds. The first kappa shape index (κ1) is 9.03. The van der Waals surface area contributed by atoms with E-state index < -0.39 is 0 Å². The Kier molecular flexibility index (Phi) is 2.30. The number of benzene rings is 1. The summed E-state index contributed by atoms with van der Waals surface area (Å²) in [5, 5.41) is 0. The monoisotopic (exact) mass is 241 g/mol. The Morgan fingerprint density at radius 3 is 2.77 bits per heavy atom. The van der Waals surface area contributed by atoms with Crippen molar-refractivity contribution in [2.75, 3.05) is 7.11 Å². The van der Waals surface area contributed by atoms with E-state index in [0.29, 0.717) is 12.0 Å². The normalized spacial score (nSPS) is 25.8. The zero-order valence-corrected chi connectivity index (χ0v) is 9.04. The van der Waals surface area contributed by atoms with Gasteiger partial charge in [-0.25, -0.2) is 0 Å². The van der Waals surface area contributed by atoms with Crippen LogP contribution in [0.2, 0.25) is 0 Å². The van der Waals surface area contributed by atoms with Crippen LogP contribution in [0.5, 0.6) is 5.75 Å². The van der Waals surface area contributed by atoms with Crippen molar-refractivity contribution in [2.24, 2.45) is 5.73 Å². The van der Waals surface area contributed by atoms with E-state index in [0.717, 1.165) is 16.6 Å². The van der Waals surface area contributed by atoms with E-state index in [2.05, 4.69) is 22.0 Å². The second-order valence-corrected chi connectivity index (χ2v) is 4.31. The number of hydrogen-bond acceptors (Lipinski definition) is 2. The molecule has 1 aromatic carbocycles. The van der Waals surface area contributed by atoms with E-state index in [1.54, 1.807) is 7.11 Å². The molecule has 70 valence electrons. The zero-order valence-electron chi connectivity index (χ0n) is 7.46. The predicted molar refractivity (Wildman–Crippen MR) is 56.0 cm³/mol. The van der Waals surface area contributed by atoms with Crippen LogP contribution in [0.3, 0.4) is 0 Å². The number of halogens is 1. The summed E-state index contributed by atoms with van der Waals surface area (Å²) >= 11 is 3.45. The topological polar surface area (TPSA) is 35.2 Å². The maximum absolute atomic E-state index is 5.80. The molecule has 2 atom stereocenters. The fraction of sp³-hybridized carbons (Fsp3) is 0.400. The van der Waals surface area contributed by atoms with E-state index in [4.69, 9.17) is 10.5 Å². The standard InChI is InChI=1S/C10H12BrNO/c1-13-10-3-2-6(11)4-8(10)7-5-9(7)12/h2-4,7,9H,5,12H2,1H3/t7-,9+/m0/s1. The molecule has 0 aliphatic heterocycles. The van der Waals surface area contributed by atoms with Gasteiger partial charge in [-0.3, -0.25) is 0 Å². The molecule has 1 aliphatic rings. The second-order valence-electron chi connectivity index (χ2n) is 3.39. The third-order valence-corrected chi connectivity index (χ3v) is 2.92. The summed E-state index contributed by atoms with van der Waals surface area (Å²) in [6.07, 6.45) is 1.08. The molecule has 0 radical (unpaired) electrons. The minimum absolute atomic E-state index is 0.322. The molecule has 0 heterocycles. The first-order chi connectivity index (χ1) is 6.22. The number of hydrogen-bond donors (Lipinski definition) is 1. The lowest BCUT2D eigenvalue weighted by molar-refractivity contribution is 0.409. The van der Waals surface area contributed by atoms with Gasteiger partial charge in [0.1, 0.15) is 5.75 Å². The molecule has 1 fully saturated rings. The third-order valence-electron chi connectivity index (χ3n) is 2.43. The zero-order chi connectivity index (χ0) is 9.42. The molecule has 0 aromatic heterocycles. The quantitative estimate of drug-likeness (QED) is 0.863. The highest BCUT2D eigenvalue weighted by Gasteiger charge is 2.36. The van der Waals surface area contributed by atoms with Gasteiger partial charge < -0.3 is 10.5 Å². The van der Waals surface area contributed by atoms with Gasteiger partial charge in [0.05, 0.1) is 7.11 Å². The van der Waals surface area contributed by atoms with E-state index in [1.165, 1.54) is 5.56 Å². The maximum atomic E-state index is 5.80. The highest BCUT2D eigenvalue weighted by molar-refractivity contribution is 9.10. The summed E-state index contributed by atoms with van der Waals surface area (Å²) in [5.74, 6) is 1.44.